The van der Waals surface area contributed by atoms with Crippen molar-refractivity contribution < 1.29 is 38.1 Å². The number of imide groups is 1. The first-order valence-corrected chi connectivity index (χ1v) is 9.92. The molecule has 0 spiro atoms. The Morgan fingerprint density at radius 3 is 2.43 bits per heavy atom. The third kappa shape index (κ3) is 2.93. The van der Waals surface area contributed by atoms with Gasteiger partial charge >= 0.3 is 11.9 Å². The number of ether oxygens (including phenoxy) is 4. The van der Waals surface area contributed by atoms with Crippen LogP contribution in [0, 0.1) is 11.8 Å². The number of fused-ring (bicyclic) bond motifs is 5. The van der Waals surface area contributed by atoms with E-state index in [1.165, 1.54) is 13.2 Å². The van der Waals surface area contributed by atoms with Crippen molar-refractivity contribution in [3.8, 4) is 5.75 Å². The average Bonchev–Trinajstić information content (AvgIpc) is 3.31. The van der Waals surface area contributed by atoms with E-state index >= 15 is 0 Å². The number of carbonyl (C=O) groups is 4. The van der Waals surface area contributed by atoms with Crippen LogP contribution in [0.5, 0.6) is 5.75 Å². The van der Waals surface area contributed by atoms with Crippen LogP contribution < -0.4 is 9.64 Å². The van der Waals surface area contributed by atoms with Crippen molar-refractivity contribution in [3.05, 3.63) is 34.8 Å². The summed E-state index contributed by atoms with van der Waals surface area (Å²) in [4.78, 5) is 51.1. The zero-order valence-corrected chi connectivity index (χ0v) is 17.9. The van der Waals surface area contributed by atoms with Gasteiger partial charge in [-0.1, -0.05) is 22.0 Å². The van der Waals surface area contributed by atoms with Crippen LogP contribution in [0.1, 0.15) is 13.8 Å². The van der Waals surface area contributed by atoms with Crippen LogP contribution in [-0.2, 0) is 33.4 Å². The Morgan fingerprint density at radius 2 is 1.83 bits per heavy atom. The maximum atomic E-state index is 13.5. The average molecular weight is 480 g/mol. The van der Waals surface area contributed by atoms with Crippen LogP contribution >= 0.6 is 15.9 Å². The van der Waals surface area contributed by atoms with E-state index in [0.717, 1.165) is 18.7 Å². The van der Waals surface area contributed by atoms with Gasteiger partial charge in [-0.25, -0.2) is 4.90 Å². The minimum atomic E-state index is -1.59. The summed E-state index contributed by atoms with van der Waals surface area (Å²) in [5.41, 5.74) is -1.31. The molecule has 2 amide bonds. The van der Waals surface area contributed by atoms with E-state index in [1.807, 2.05) is 0 Å². The van der Waals surface area contributed by atoms with E-state index in [1.54, 1.807) is 24.3 Å². The van der Waals surface area contributed by atoms with Gasteiger partial charge < -0.3 is 18.9 Å². The Bertz CT molecular complexity index is 975. The Hall–Kier alpha value is -2.72. The lowest BCUT2D eigenvalue weighted by atomic mass is 9.76. The van der Waals surface area contributed by atoms with E-state index in [4.69, 9.17) is 18.9 Å². The number of carbonyl (C=O) groups excluding carboxylic acids is 4. The molecule has 0 saturated carbocycles. The molecule has 0 aliphatic carbocycles. The number of anilines is 1. The highest BCUT2D eigenvalue weighted by Crippen LogP contribution is 2.55. The van der Waals surface area contributed by atoms with E-state index < -0.39 is 53.6 Å². The SMILES string of the molecule is COc1ccc(Br)cc1N1C(=O)[C@@H]2[C@H]3C=C[C@@](C(OC(C)=O)OC(C)=O)(O3)[C@H]2C1=O. The summed E-state index contributed by atoms with van der Waals surface area (Å²) in [6.45, 7) is 2.30. The van der Waals surface area contributed by atoms with Gasteiger partial charge in [0.1, 0.15) is 5.75 Å². The molecule has 0 aromatic heterocycles. The maximum absolute atomic E-state index is 13.5. The van der Waals surface area contributed by atoms with Crippen LogP contribution in [0.4, 0.5) is 5.69 Å². The second-order valence-corrected chi connectivity index (χ2v) is 8.09. The van der Waals surface area contributed by atoms with Gasteiger partial charge in [0.05, 0.1) is 30.7 Å². The van der Waals surface area contributed by atoms with Gasteiger partial charge in [-0.05, 0) is 24.3 Å². The smallest absolute Gasteiger partial charge is 0.305 e. The van der Waals surface area contributed by atoms with Crippen molar-refractivity contribution in [1.29, 1.82) is 0 Å². The van der Waals surface area contributed by atoms with Gasteiger partial charge in [0, 0.05) is 18.3 Å². The number of halogens is 1. The highest BCUT2D eigenvalue weighted by molar-refractivity contribution is 9.10. The molecule has 0 radical (unpaired) electrons. The van der Waals surface area contributed by atoms with Gasteiger partial charge in [-0.3, -0.25) is 19.2 Å². The van der Waals surface area contributed by atoms with Crippen molar-refractivity contribution in [3.63, 3.8) is 0 Å². The summed E-state index contributed by atoms with van der Waals surface area (Å²) in [6.07, 6.45) is 0.920. The van der Waals surface area contributed by atoms with Crippen LogP contribution in [-0.4, -0.2) is 48.9 Å². The molecule has 3 aliphatic rings. The number of rotatable bonds is 5. The summed E-state index contributed by atoms with van der Waals surface area (Å²) < 4.78 is 22.3. The second-order valence-electron chi connectivity index (χ2n) is 7.18. The van der Waals surface area contributed by atoms with Gasteiger partial charge in [0.25, 0.3) is 6.29 Å². The maximum Gasteiger partial charge on any atom is 0.305 e. The molecule has 0 N–H and O–H groups in total. The first-order valence-electron chi connectivity index (χ1n) is 9.12. The van der Waals surface area contributed by atoms with Crippen molar-refractivity contribution in [2.75, 3.05) is 12.0 Å². The standard InChI is InChI=1S/C20H18BrNO8/c1-9(23)28-19(29-10(2)24)20-7-6-14(30-20)15-16(20)18(26)22(17(15)25)12-8-11(21)4-5-13(12)27-3/h4-8,14-16,19H,1-3H3/t14-,15-,16-,20-/m1/s1. The fraction of sp³-hybridized carbons (Fsp3) is 0.400. The summed E-state index contributed by atoms with van der Waals surface area (Å²) in [6, 6.07) is 4.96. The zero-order chi connectivity index (χ0) is 21.8. The Kier molecular flexibility index (Phi) is 4.94. The molecule has 2 fully saturated rings. The Balaban J connectivity index is 1.78. The largest absolute Gasteiger partial charge is 0.495 e. The predicted octanol–water partition coefficient (Wildman–Crippen LogP) is 1.72. The highest BCUT2D eigenvalue weighted by atomic mass is 79.9. The lowest BCUT2D eigenvalue weighted by Crippen LogP contribution is -2.52. The molecule has 4 atom stereocenters. The molecule has 30 heavy (non-hydrogen) atoms. The molecule has 1 aromatic rings. The van der Waals surface area contributed by atoms with Crippen LogP contribution in [0.25, 0.3) is 0 Å². The Labute approximate surface area is 180 Å². The first-order chi connectivity index (χ1) is 14.2. The fourth-order valence-corrected chi connectivity index (χ4v) is 4.64. The number of hydrogen-bond acceptors (Lipinski definition) is 8. The van der Waals surface area contributed by atoms with Crippen molar-refractivity contribution in [1.82, 2.24) is 0 Å². The predicted molar refractivity (Wildman–Crippen MR) is 104 cm³/mol. The van der Waals surface area contributed by atoms with Gasteiger partial charge in [-0.15, -0.1) is 0 Å². The number of methoxy groups -OCH3 is 1. The van der Waals surface area contributed by atoms with E-state index in [2.05, 4.69) is 15.9 Å². The molecule has 10 heteroatoms. The lowest BCUT2D eigenvalue weighted by molar-refractivity contribution is -0.226. The number of amides is 2. The molecule has 3 aliphatic heterocycles. The molecule has 3 heterocycles. The molecular weight excluding hydrogens is 462 g/mol. The molecule has 1 aromatic carbocycles. The molecule has 0 unspecified atom stereocenters. The van der Waals surface area contributed by atoms with Crippen molar-refractivity contribution >= 4 is 45.4 Å². The van der Waals surface area contributed by atoms with Crippen molar-refractivity contribution in [2.24, 2.45) is 11.8 Å². The van der Waals surface area contributed by atoms with Gasteiger partial charge in [0.15, 0.2) is 5.60 Å². The molecule has 2 saturated heterocycles. The van der Waals surface area contributed by atoms with Gasteiger partial charge in [-0.2, -0.15) is 0 Å². The minimum absolute atomic E-state index is 0.280. The zero-order valence-electron chi connectivity index (χ0n) is 16.3. The van der Waals surface area contributed by atoms with E-state index in [9.17, 15) is 19.2 Å². The third-order valence-electron chi connectivity index (χ3n) is 5.37. The quantitative estimate of drug-likeness (QED) is 0.272. The third-order valence-corrected chi connectivity index (χ3v) is 5.87. The molecular formula is C20H18BrNO8. The number of esters is 2. The molecule has 2 bridgehead atoms. The number of nitrogens with zero attached hydrogens (tertiary/aromatic N) is 1. The van der Waals surface area contributed by atoms with E-state index in [-0.39, 0.29) is 5.69 Å². The summed E-state index contributed by atoms with van der Waals surface area (Å²) in [7, 11) is 1.44. The van der Waals surface area contributed by atoms with Gasteiger partial charge in [0.2, 0.25) is 11.8 Å². The summed E-state index contributed by atoms with van der Waals surface area (Å²) in [5, 5.41) is 0. The topological polar surface area (TPSA) is 108 Å². The number of hydrogen-bond donors (Lipinski definition) is 0. The van der Waals surface area contributed by atoms with Crippen LogP contribution in [0.15, 0.2) is 34.8 Å². The van der Waals surface area contributed by atoms with Crippen LogP contribution in [0.2, 0.25) is 0 Å². The van der Waals surface area contributed by atoms with Crippen molar-refractivity contribution in [2.45, 2.75) is 31.8 Å². The summed E-state index contributed by atoms with van der Waals surface area (Å²) in [5.74, 6) is -4.01. The molecule has 158 valence electrons. The molecule has 9 nitrogen and oxygen atoms in total. The summed E-state index contributed by atoms with van der Waals surface area (Å²) >= 11 is 3.34. The normalized spacial score (nSPS) is 28.8. The van der Waals surface area contributed by atoms with Crippen LogP contribution in [0.3, 0.4) is 0 Å². The fourth-order valence-electron chi connectivity index (χ4n) is 4.29. The molecule has 4 rings (SSSR count). The second kappa shape index (κ2) is 7.21. The lowest BCUT2D eigenvalue weighted by Gasteiger charge is -2.34. The minimum Gasteiger partial charge on any atom is -0.495 e. The number of benzene rings is 1. The monoisotopic (exact) mass is 479 g/mol. The first kappa shape index (κ1) is 20.5. The highest BCUT2D eigenvalue weighted by Gasteiger charge is 2.72. The van der Waals surface area contributed by atoms with E-state index in [0.29, 0.717) is 10.2 Å². The Morgan fingerprint density at radius 1 is 1.17 bits per heavy atom.